The molecule has 1 aliphatic carbocycles. The molecule has 3 aromatic rings. The molecule has 0 unspecified atom stereocenters. The average Bonchev–Trinajstić information content (AvgIpc) is 3.31. The Morgan fingerprint density at radius 2 is 1.52 bits per heavy atom. The maximum Gasteiger partial charge on any atom is 0.136 e. The first-order valence-electron chi connectivity index (χ1n) is 8.29. The van der Waals surface area contributed by atoms with Gasteiger partial charge in [0.1, 0.15) is 11.4 Å². The smallest absolute Gasteiger partial charge is 0.136 e. The van der Waals surface area contributed by atoms with E-state index in [4.69, 9.17) is 0 Å². The molecule has 0 spiro atoms. The lowest BCUT2D eigenvalue weighted by Crippen LogP contribution is -2.05. The van der Waals surface area contributed by atoms with E-state index >= 15 is 0 Å². The summed E-state index contributed by atoms with van der Waals surface area (Å²) in [5.41, 5.74) is 3.94. The molecule has 0 atom stereocenters. The largest absolute Gasteiger partial charge is 0.232 e. The monoisotopic (exact) mass is 323 g/mol. The van der Waals surface area contributed by atoms with Gasteiger partial charge in [-0.15, -0.1) is 5.10 Å². The number of allylic oxidation sites excluding steroid dienone is 4. The van der Waals surface area contributed by atoms with Gasteiger partial charge in [0.2, 0.25) is 0 Å². The number of aromatic nitrogens is 3. The van der Waals surface area contributed by atoms with Crippen molar-refractivity contribution in [3.8, 4) is 11.8 Å². The molecule has 0 aliphatic heterocycles. The Kier molecular flexibility index (Phi) is 4.26. The van der Waals surface area contributed by atoms with Crippen LogP contribution in [0.5, 0.6) is 0 Å². The van der Waals surface area contributed by atoms with Crippen LogP contribution in [-0.4, -0.2) is 15.0 Å². The van der Waals surface area contributed by atoms with Gasteiger partial charge >= 0.3 is 0 Å². The van der Waals surface area contributed by atoms with Gasteiger partial charge in [-0.2, -0.15) is 0 Å². The van der Waals surface area contributed by atoms with Crippen molar-refractivity contribution in [2.45, 2.75) is 12.5 Å². The third kappa shape index (κ3) is 3.44. The van der Waals surface area contributed by atoms with E-state index in [2.05, 4.69) is 46.4 Å². The molecule has 1 heterocycles. The SMILES string of the molecule is C(#Cc1c(C2C=CC=C2)nnn1Cc1ccccc1)c1ccccc1. The Labute approximate surface area is 147 Å². The van der Waals surface area contributed by atoms with E-state index in [-0.39, 0.29) is 5.92 Å². The van der Waals surface area contributed by atoms with E-state index in [1.165, 1.54) is 5.56 Å². The second kappa shape index (κ2) is 7.02. The zero-order valence-corrected chi connectivity index (χ0v) is 13.7. The van der Waals surface area contributed by atoms with Crippen LogP contribution in [0.1, 0.15) is 28.4 Å². The summed E-state index contributed by atoms with van der Waals surface area (Å²) in [6.07, 6.45) is 8.31. The third-order valence-electron chi connectivity index (χ3n) is 4.10. The van der Waals surface area contributed by atoms with Crippen molar-refractivity contribution in [1.82, 2.24) is 15.0 Å². The summed E-state index contributed by atoms with van der Waals surface area (Å²) in [6.45, 7) is 0.660. The van der Waals surface area contributed by atoms with Crippen LogP contribution in [0.4, 0.5) is 0 Å². The molecule has 0 N–H and O–H groups in total. The topological polar surface area (TPSA) is 30.7 Å². The second-order valence-corrected chi connectivity index (χ2v) is 5.88. The number of benzene rings is 2. The molecule has 25 heavy (non-hydrogen) atoms. The molecule has 0 saturated carbocycles. The molecular formula is C22H17N3. The number of nitrogens with zero attached hydrogens (tertiary/aromatic N) is 3. The quantitative estimate of drug-likeness (QED) is 0.684. The van der Waals surface area contributed by atoms with Crippen LogP contribution < -0.4 is 0 Å². The van der Waals surface area contributed by atoms with Crippen LogP contribution in [-0.2, 0) is 6.54 Å². The predicted molar refractivity (Wildman–Crippen MR) is 99.0 cm³/mol. The van der Waals surface area contributed by atoms with E-state index in [0.717, 1.165) is 17.0 Å². The maximum absolute atomic E-state index is 4.41. The molecule has 120 valence electrons. The van der Waals surface area contributed by atoms with Crippen molar-refractivity contribution in [2.75, 3.05) is 0 Å². The van der Waals surface area contributed by atoms with E-state index in [9.17, 15) is 0 Å². The van der Waals surface area contributed by atoms with Gasteiger partial charge < -0.3 is 0 Å². The highest BCUT2D eigenvalue weighted by Gasteiger charge is 2.18. The van der Waals surface area contributed by atoms with E-state index in [1.807, 2.05) is 65.4 Å². The molecule has 3 nitrogen and oxygen atoms in total. The van der Waals surface area contributed by atoms with E-state index < -0.39 is 0 Å². The summed E-state index contributed by atoms with van der Waals surface area (Å²) in [5.74, 6) is 6.68. The predicted octanol–water partition coefficient (Wildman–Crippen LogP) is 3.94. The standard InChI is InChI=1S/C22H17N3/c1-3-9-18(10-4-1)15-16-21-22(20-13-7-8-14-20)23-24-25(21)17-19-11-5-2-6-12-19/h1-14,20H,17H2. The molecule has 2 aromatic carbocycles. The second-order valence-electron chi connectivity index (χ2n) is 5.88. The minimum atomic E-state index is 0.143. The van der Waals surface area contributed by atoms with Crippen LogP contribution in [0.15, 0.2) is 85.0 Å². The van der Waals surface area contributed by atoms with E-state index in [1.54, 1.807) is 0 Å². The minimum absolute atomic E-state index is 0.143. The Morgan fingerprint density at radius 1 is 0.840 bits per heavy atom. The highest BCUT2D eigenvalue weighted by atomic mass is 15.4. The Bertz CT molecular complexity index is 958. The lowest BCUT2D eigenvalue weighted by atomic mass is 10.1. The van der Waals surface area contributed by atoms with Crippen LogP contribution in [0.25, 0.3) is 0 Å². The van der Waals surface area contributed by atoms with Crippen molar-refractivity contribution in [3.63, 3.8) is 0 Å². The molecule has 1 aromatic heterocycles. The van der Waals surface area contributed by atoms with Crippen molar-refractivity contribution in [1.29, 1.82) is 0 Å². The average molecular weight is 323 g/mol. The molecule has 4 rings (SSSR count). The summed E-state index contributed by atoms with van der Waals surface area (Å²) in [4.78, 5) is 0. The van der Waals surface area contributed by atoms with Gasteiger partial charge in [0.15, 0.2) is 0 Å². The summed E-state index contributed by atoms with van der Waals surface area (Å²) < 4.78 is 1.89. The lowest BCUT2D eigenvalue weighted by Gasteiger charge is -2.05. The fourth-order valence-electron chi connectivity index (χ4n) is 2.81. The Hall–Kier alpha value is -3.38. The van der Waals surface area contributed by atoms with Crippen LogP contribution in [0.2, 0.25) is 0 Å². The van der Waals surface area contributed by atoms with Crippen LogP contribution in [0, 0.1) is 11.8 Å². The summed E-state index contributed by atoms with van der Waals surface area (Å²) >= 11 is 0. The summed E-state index contributed by atoms with van der Waals surface area (Å²) in [7, 11) is 0. The number of hydrogen-bond acceptors (Lipinski definition) is 2. The van der Waals surface area contributed by atoms with E-state index in [0.29, 0.717) is 6.54 Å². The number of hydrogen-bond donors (Lipinski definition) is 0. The zero-order valence-electron chi connectivity index (χ0n) is 13.7. The van der Waals surface area contributed by atoms with Gasteiger partial charge in [-0.25, -0.2) is 4.68 Å². The molecule has 0 fully saturated rings. The Morgan fingerprint density at radius 3 is 2.24 bits per heavy atom. The summed E-state index contributed by atoms with van der Waals surface area (Å²) in [6, 6.07) is 20.2. The molecule has 0 bridgehead atoms. The van der Waals surface area contributed by atoms with Gasteiger partial charge in [0, 0.05) is 11.5 Å². The first kappa shape index (κ1) is 15.2. The minimum Gasteiger partial charge on any atom is -0.232 e. The van der Waals surface area contributed by atoms with Crippen LogP contribution in [0.3, 0.4) is 0 Å². The number of rotatable bonds is 3. The Balaban J connectivity index is 1.73. The van der Waals surface area contributed by atoms with Crippen molar-refractivity contribution in [2.24, 2.45) is 0 Å². The molecular weight excluding hydrogens is 306 g/mol. The molecule has 1 aliphatic rings. The van der Waals surface area contributed by atoms with Gasteiger partial charge in [0.05, 0.1) is 6.54 Å². The highest BCUT2D eigenvalue weighted by molar-refractivity contribution is 5.45. The van der Waals surface area contributed by atoms with Crippen LogP contribution >= 0.6 is 0 Å². The van der Waals surface area contributed by atoms with Gasteiger partial charge in [-0.1, -0.05) is 84.0 Å². The van der Waals surface area contributed by atoms with Gasteiger partial charge in [0.25, 0.3) is 0 Å². The van der Waals surface area contributed by atoms with Crippen molar-refractivity contribution in [3.05, 3.63) is 107 Å². The van der Waals surface area contributed by atoms with Gasteiger partial charge in [-0.05, 0) is 23.6 Å². The fraction of sp³-hybridized carbons (Fsp3) is 0.0909. The highest BCUT2D eigenvalue weighted by Crippen LogP contribution is 2.24. The zero-order chi connectivity index (χ0) is 16.9. The fourth-order valence-corrected chi connectivity index (χ4v) is 2.81. The molecule has 0 saturated heterocycles. The van der Waals surface area contributed by atoms with Crippen molar-refractivity contribution < 1.29 is 0 Å². The first-order valence-corrected chi connectivity index (χ1v) is 8.29. The van der Waals surface area contributed by atoms with Crippen molar-refractivity contribution >= 4 is 0 Å². The molecule has 0 radical (unpaired) electrons. The summed E-state index contributed by atoms with van der Waals surface area (Å²) in [5, 5.41) is 8.78. The van der Waals surface area contributed by atoms with Gasteiger partial charge in [-0.3, -0.25) is 0 Å². The first-order chi connectivity index (χ1) is 12.4. The molecule has 3 heteroatoms. The third-order valence-corrected chi connectivity index (χ3v) is 4.10. The normalized spacial score (nSPS) is 13.0. The lowest BCUT2D eigenvalue weighted by molar-refractivity contribution is 0.643. The maximum atomic E-state index is 4.41. The molecule has 0 amide bonds.